The van der Waals surface area contributed by atoms with Crippen LogP contribution < -0.4 is 5.32 Å². The third-order valence-corrected chi connectivity index (χ3v) is 0. The van der Waals surface area contributed by atoms with Gasteiger partial charge < -0.3 is 10.1 Å². The van der Waals surface area contributed by atoms with E-state index in [4.69, 9.17) is 0 Å². The molecule has 0 aliphatic rings. The van der Waals surface area contributed by atoms with Crippen LogP contribution in [-0.2, 0) is 4.74 Å². The first kappa shape index (κ1) is 24.7. The van der Waals surface area contributed by atoms with Crippen molar-refractivity contribution in [3.05, 3.63) is 0 Å². The number of methoxy groups -OCH3 is 1. The summed E-state index contributed by atoms with van der Waals surface area (Å²) in [5.74, 6) is 0. The van der Waals surface area contributed by atoms with Crippen LogP contribution in [0.1, 0.15) is 14.9 Å². The second-order valence-electron chi connectivity index (χ2n) is 0.908. The topological polar surface area (TPSA) is 21.3 Å². The molecule has 2 nitrogen and oxygen atoms in total. The molecule has 0 saturated heterocycles. The molecule has 2 heteroatoms. The van der Waals surface area contributed by atoms with E-state index in [2.05, 4.69) is 10.1 Å². The van der Waals surface area contributed by atoms with Crippen molar-refractivity contribution in [2.75, 3.05) is 28.3 Å². The first-order chi connectivity index (χ1) is 2.83. The lowest BCUT2D eigenvalue weighted by Crippen LogP contribution is -1.89. The molecule has 8 heavy (non-hydrogen) atoms. The number of nitrogens with one attached hydrogen (secondary N) is 1. The van der Waals surface area contributed by atoms with E-state index in [1.54, 1.807) is 14.2 Å². The molecule has 0 aliphatic heterocycles. The summed E-state index contributed by atoms with van der Waals surface area (Å²) in [7, 11) is 7.00. The summed E-state index contributed by atoms with van der Waals surface area (Å²) in [6.45, 7) is 0. The molecule has 0 aromatic carbocycles. The van der Waals surface area contributed by atoms with Crippen molar-refractivity contribution in [1.29, 1.82) is 0 Å². The Kier molecular flexibility index (Phi) is 203. The van der Waals surface area contributed by atoms with E-state index in [0.717, 1.165) is 0 Å². The van der Waals surface area contributed by atoms with Gasteiger partial charge in [0.05, 0.1) is 0 Å². The molecular weight excluding hydrogens is 102 g/mol. The SMILES string of the molecule is C.C.CNC.COC. The van der Waals surface area contributed by atoms with Gasteiger partial charge in [-0.25, -0.2) is 0 Å². The largest absolute Gasteiger partial charge is 0.388 e. The lowest BCUT2D eigenvalue weighted by Gasteiger charge is -1.61. The van der Waals surface area contributed by atoms with E-state index >= 15 is 0 Å². The Morgan fingerprint density at radius 3 is 1.00 bits per heavy atom. The molecule has 0 amide bonds. The van der Waals surface area contributed by atoms with E-state index < -0.39 is 0 Å². The van der Waals surface area contributed by atoms with E-state index in [1.165, 1.54) is 0 Å². The molecular formula is C6H21NO. The minimum atomic E-state index is 0. The first-order valence-electron chi connectivity index (χ1n) is 1.82. The minimum absolute atomic E-state index is 0. The number of rotatable bonds is 0. The number of hydrogen-bond donors (Lipinski definition) is 1. The molecule has 1 N–H and O–H groups in total. The van der Waals surface area contributed by atoms with Gasteiger partial charge in [0, 0.05) is 14.2 Å². The van der Waals surface area contributed by atoms with Gasteiger partial charge in [-0.2, -0.15) is 0 Å². The zero-order valence-corrected chi connectivity index (χ0v) is 4.91. The van der Waals surface area contributed by atoms with Crippen molar-refractivity contribution in [1.82, 2.24) is 5.32 Å². The molecule has 0 saturated carbocycles. The quantitative estimate of drug-likeness (QED) is 0.525. The molecule has 0 fully saturated rings. The maximum atomic E-state index is 4.25. The monoisotopic (exact) mass is 123 g/mol. The van der Waals surface area contributed by atoms with Crippen LogP contribution in [0.4, 0.5) is 0 Å². The number of hydrogen-bond acceptors (Lipinski definition) is 2. The molecule has 56 valence electrons. The Labute approximate surface area is 54.2 Å². The van der Waals surface area contributed by atoms with E-state index in [9.17, 15) is 0 Å². The Morgan fingerprint density at radius 2 is 1.00 bits per heavy atom. The average Bonchev–Trinajstić information content (AvgIpc) is 1.39. The highest BCUT2D eigenvalue weighted by Gasteiger charge is 1.26. The zero-order chi connectivity index (χ0) is 5.41. The summed E-state index contributed by atoms with van der Waals surface area (Å²) in [5, 5.41) is 2.75. The Balaban J connectivity index is -0.0000000160. The zero-order valence-electron chi connectivity index (χ0n) is 4.91. The third kappa shape index (κ3) is 22400. The maximum absolute atomic E-state index is 4.25. The van der Waals surface area contributed by atoms with E-state index in [0.29, 0.717) is 0 Å². The van der Waals surface area contributed by atoms with Crippen LogP contribution in [0.15, 0.2) is 0 Å². The van der Waals surface area contributed by atoms with Crippen molar-refractivity contribution >= 4 is 0 Å². The molecule has 0 rings (SSSR count). The van der Waals surface area contributed by atoms with Crippen LogP contribution in [0.3, 0.4) is 0 Å². The van der Waals surface area contributed by atoms with Crippen molar-refractivity contribution < 1.29 is 4.74 Å². The third-order valence-electron chi connectivity index (χ3n) is 0. The summed E-state index contributed by atoms with van der Waals surface area (Å²) < 4.78 is 4.25. The Bertz CT molecular complexity index is 10.5. The van der Waals surface area contributed by atoms with E-state index in [-0.39, 0.29) is 14.9 Å². The normalized spacial score (nSPS) is 4.50. The van der Waals surface area contributed by atoms with Gasteiger partial charge in [-0.05, 0) is 14.1 Å². The molecule has 0 atom stereocenters. The standard InChI is InChI=1S/C2H7N.C2H6O.2CH4/c2*1-3-2;;/h3H,1-2H3;1-2H3;2*1H4. The highest BCUT2D eigenvalue weighted by molar-refractivity contribution is 3.91. The fraction of sp³-hybridized carbons (Fsp3) is 1.00. The van der Waals surface area contributed by atoms with Gasteiger partial charge in [-0.1, -0.05) is 14.9 Å². The van der Waals surface area contributed by atoms with Crippen LogP contribution in [-0.4, -0.2) is 28.3 Å². The lowest BCUT2D eigenvalue weighted by molar-refractivity contribution is 0.277. The summed E-state index contributed by atoms with van der Waals surface area (Å²) >= 11 is 0. The van der Waals surface area contributed by atoms with Gasteiger partial charge in [0.1, 0.15) is 0 Å². The highest BCUT2D eigenvalue weighted by atomic mass is 16.4. The molecule has 0 bridgehead atoms. The van der Waals surface area contributed by atoms with Gasteiger partial charge in [0.25, 0.3) is 0 Å². The summed E-state index contributed by atoms with van der Waals surface area (Å²) in [5.41, 5.74) is 0. The fourth-order valence-electron chi connectivity index (χ4n) is 0. The molecule has 0 heterocycles. The molecule has 0 unspecified atom stereocenters. The van der Waals surface area contributed by atoms with Crippen molar-refractivity contribution in [2.45, 2.75) is 14.9 Å². The maximum Gasteiger partial charge on any atom is 0.0351 e. The van der Waals surface area contributed by atoms with Crippen LogP contribution >= 0.6 is 0 Å². The molecule has 0 radical (unpaired) electrons. The van der Waals surface area contributed by atoms with Crippen LogP contribution in [0.25, 0.3) is 0 Å². The second-order valence-corrected chi connectivity index (χ2v) is 0.908. The van der Waals surface area contributed by atoms with Gasteiger partial charge in [-0.15, -0.1) is 0 Å². The predicted molar refractivity (Wildman–Crippen MR) is 41.4 cm³/mol. The highest BCUT2D eigenvalue weighted by Crippen LogP contribution is 1.28. The fourth-order valence-corrected chi connectivity index (χ4v) is 0. The van der Waals surface area contributed by atoms with Crippen molar-refractivity contribution in [3.8, 4) is 0 Å². The number of ether oxygens (including phenoxy) is 1. The van der Waals surface area contributed by atoms with Crippen molar-refractivity contribution in [3.63, 3.8) is 0 Å². The van der Waals surface area contributed by atoms with E-state index in [1.807, 2.05) is 14.1 Å². The van der Waals surface area contributed by atoms with Gasteiger partial charge >= 0.3 is 0 Å². The van der Waals surface area contributed by atoms with Crippen LogP contribution in [0.5, 0.6) is 0 Å². The molecule has 0 aromatic heterocycles. The molecule has 0 aliphatic carbocycles. The smallest absolute Gasteiger partial charge is 0.0351 e. The predicted octanol–water partition coefficient (Wildman–Crippen LogP) is 1.37. The average molecular weight is 123 g/mol. The lowest BCUT2D eigenvalue weighted by atomic mass is 11.3. The summed E-state index contributed by atoms with van der Waals surface area (Å²) in [6, 6.07) is 0. The Morgan fingerprint density at radius 1 is 1.00 bits per heavy atom. The summed E-state index contributed by atoms with van der Waals surface area (Å²) in [6.07, 6.45) is 0. The molecule has 0 aromatic rings. The van der Waals surface area contributed by atoms with Gasteiger partial charge in [-0.3, -0.25) is 0 Å². The Hall–Kier alpha value is -0.0800. The minimum Gasteiger partial charge on any atom is -0.388 e. The van der Waals surface area contributed by atoms with Crippen LogP contribution in [0.2, 0.25) is 0 Å². The first-order valence-corrected chi connectivity index (χ1v) is 1.82. The molecule has 0 spiro atoms. The second kappa shape index (κ2) is 65.8. The van der Waals surface area contributed by atoms with Crippen molar-refractivity contribution in [2.24, 2.45) is 0 Å². The van der Waals surface area contributed by atoms with Gasteiger partial charge in [0.15, 0.2) is 0 Å². The van der Waals surface area contributed by atoms with Crippen LogP contribution in [0, 0.1) is 0 Å². The summed E-state index contributed by atoms with van der Waals surface area (Å²) in [4.78, 5) is 0. The van der Waals surface area contributed by atoms with Gasteiger partial charge in [0.2, 0.25) is 0 Å².